The number of hydrogen-bond acceptors (Lipinski definition) is 2. The lowest BCUT2D eigenvalue weighted by molar-refractivity contribution is 0.383. The van der Waals surface area contributed by atoms with E-state index in [2.05, 4.69) is 35.8 Å². The molecule has 16 heavy (non-hydrogen) atoms. The molecule has 1 atom stereocenters. The molecule has 0 bridgehead atoms. The molecule has 2 heteroatoms. The molecule has 1 N–H and O–H groups in total. The van der Waals surface area contributed by atoms with E-state index >= 15 is 0 Å². The van der Waals surface area contributed by atoms with E-state index in [9.17, 15) is 0 Å². The molecule has 88 valence electrons. The average Bonchev–Trinajstić information content (AvgIpc) is 2.38. The Bertz CT molecular complexity index is 301. The lowest BCUT2D eigenvalue weighted by Crippen LogP contribution is -2.34. The lowest BCUT2D eigenvalue weighted by Gasteiger charge is -2.23. The van der Waals surface area contributed by atoms with Gasteiger partial charge in [0.1, 0.15) is 0 Å². The Hall–Kier alpha value is -0.470. The van der Waals surface area contributed by atoms with Crippen molar-refractivity contribution in [2.24, 2.45) is 0 Å². The molecule has 0 saturated carbocycles. The highest BCUT2D eigenvalue weighted by molar-refractivity contribution is 7.98. The molecular formula is C14H21NS. The van der Waals surface area contributed by atoms with Gasteiger partial charge in [-0.2, -0.15) is 0 Å². The van der Waals surface area contributed by atoms with E-state index in [4.69, 9.17) is 0 Å². The molecule has 0 spiro atoms. The number of thioether (sulfide) groups is 1. The predicted molar refractivity (Wildman–Crippen MR) is 72.2 cm³/mol. The van der Waals surface area contributed by atoms with E-state index < -0.39 is 0 Å². The van der Waals surface area contributed by atoms with Gasteiger partial charge in [-0.05, 0) is 56.2 Å². The zero-order valence-electron chi connectivity index (χ0n) is 10.0. The van der Waals surface area contributed by atoms with Crippen molar-refractivity contribution in [3.8, 4) is 0 Å². The summed E-state index contributed by atoms with van der Waals surface area (Å²) in [6, 6.07) is 9.76. The summed E-state index contributed by atoms with van der Waals surface area (Å²) in [4.78, 5) is 1.36. The van der Waals surface area contributed by atoms with Gasteiger partial charge in [-0.15, -0.1) is 11.8 Å². The number of piperidine rings is 1. The fraction of sp³-hybridized carbons (Fsp3) is 0.571. The zero-order valence-corrected chi connectivity index (χ0v) is 10.9. The number of hydrogen-bond donors (Lipinski definition) is 1. The largest absolute Gasteiger partial charge is 0.314 e. The minimum Gasteiger partial charge on any atom is -0.314 e. The summed E-state index contributed by atoms with van der Waals surface area (Å²) >= 11 is 1.81. The Morgan fingerprint density at radius 2 is 2.06 bits per heavy atom. The van der Waals surface area contributed by atoms with Crippen LogP contribution in [0.25, 0.3) is 0 Å². The molecule has 1 saturated heterocycles. The molecule has 0 radical (unpaired) electrons. The molecule has 0 aliphatic carbocycles. The topological polar surface area (TPSA) is 12.0 Å². The maximum absolute atomic E-state index is 3.61. The van der Waals surface area contributed by atoms with Crippen molar-refractivity contribution in [2.45, 2.75) is 43.0 Å². The molecular weight excluding hydrogens is 214 g/mol. The summed E-state index contributed by atoms with van der Waals surface area (Å²) in [5, 5.41) is 3.61. The summed E-state index contributed by atoms with van der Waals surface area (Å²) in [6.45, 7) is 1.22. The summed E-state index contributed by atoms with van der Waals surface area (Å²) in [6.07, 6.45) is 8.76. The first kappa shape index (κ1) is 12.0. The Balaban J connectivity index is 1.79. The summed E-state index contributed by atoms with van der Waals surface area (Å²) in [5.41, 5.74) is 1.48. The molecule has 0 aromatic heterocycles. The maximum atomic E-state index is 3.61. The van der Waals surface area contributed by atoms with Gasteiger partial charge in [0.2, 0.25) is 0 Å². The van der Waals surface area contributed by atoms with Crippen LogP contribution in [0.2, 0.25) is 0 Å². The van der Waals surface area contributed by atoms with Gasteiger partial charge in [-0.1, -0.05) is 18.6 Å². The molecule has 1 aromatic rings. The quantitative estimate of drug-likeness (QED) is 0.802. The molecule has 0 amide bonds. The Morgan fingerprint density at radius 1 is 1.25 bits per heavy atom. The van der Waals surface area contributed by atoms with Crippen LogP contribution < -0.4 is 5.32 Å². The first-order valence-corrected chi connectivity index (χ1v) is 7.47. The Morgan fingerprint density at radius 3 is 2.69 bits per heavy atom. The molecule has 1 nitrogen and oxygen atoms in total. The van der Waals surface area contributed by atoms with Crippen LogP contribution in [0.5, 0.6) is 0 Å². The van der Waals surface area contributed by atoms with Crippen LogP contribution >= 0.6 is 11.8 Å². The van der Waals surface area contributed by atoms with Gasteiger partial charge in [0.15, 0.2) is 0 Å². The highest BCUT2D eigenvalue weighted by Gasteiger charge is 2.11. The second-order valence-electron chi connectivity index (χ2n) is 4.53. The number of nitrogens with one attached hydrogen (secondary N) is 1. The fourth-order valence-corrected chi connectivity index (χ4v) is 2.71. The van der Waals surface area contributed by atoms with Crippen molar-refractivity contribution in [3.63, 3.8) is 0 Å². The molecule has 1 fully saturated rings. The second-order valence-corrected chi connectivity index (χ2v) is 5.41. The van der Waals surface area contributed by atoms with Crippen LogP contribution in [-0.2, 0) is 6.42 Å². The van der Waals surface area contributed by atoms with Crippen LogP contribution in [0.1, 0.15) is 31.2 Å². The monoisotopic (exact) mass is 235 g/mol. The van der Waals surface area contributed by atoms with E-state index in [1.54, 1.807) is 0 Å². The van der Waals surface area contributed by atoms with Crippen molar-refractivity contribution in [3.05, 3.63) is 29.8 Å². The van der Waals surface area contributed by atoms with Crippen LogP contribution in [0.3, 0.4) is 0 Å². The Labute approximate surface area is 103 Å². The standard InChI is InChI=1S/C14H21NS/c1-16-14-9-6-12(7-10-14)5-8-13-4-2-3-11-15-13/h6-7,9-10,13,15H,2-5,8,11H2,1H3. The van der Waals surface area contributed by atoms with Crippen LogP contribution in [0, 0.1) is 0 Å². The molecule has 1 aromatic carbocycles. The predicted octanol–water partition coefficient (Wildman–Crippen LogP) is 3.48. The Kier molecular flexibility index (Phi) is 4.73. The highest BCUT2D eigenvalue weighted by atomic mass is 32.2. The van der Waals surface area contributed by atoms with Crippen molar-refractivity contribution < 1.29 is 0 Å². The van der Waals surface area contributed by atoms with Crippen LogP contribution in [-0.4, -0.2) is 18.8 Å². The second kappa shape index (κ2) is 6.31. The summed E-state index contributed by atoms with van der Waals surface area (Å²) in [5.74, 6) is 0. The van der Waals surface area contributed by atoms with Gasteiger partial charge in [0.25, 0.3) is 0 Å². The third-order valence-electron chi connectivity index (χ3n) is 3.35. The molecule has 1 aliphatic heterocycles. The maximum Gasteiger partial charge on any atom is 0.00702 e. The molecule has 1 unspecified atom stereocenters. The summed E-state index contributed by atoms with van der Waals surface area (Å²) in [7, 11) is 0. The average molecular weight is 235 g/mol. The van der Waals surface area contributed by atoms with Crippen molar-refractivity contribution in [1.29, 1.82) is 0 Å². The molecule has 1 heterocycles. The van der Waals surface area contributed by atoms with Crippen molar-refractivity contribution >= 4 is 11.8 Å². The zero-order chi connectivity index (χ0) is 11.2. The molecule has 1 aliphatic rings. The van der Waals surface area contributed by atoms with Gasteiger partial charge < -0.3 is 5.32 Å². The van der Waals surface area contributed by atoms with E-state index in [0.29, 0.717) is 0 Å². The number of rotatable bonds is 4. The van der Waals surface area contributed by atoms with E-state index in [0.717, 1.165) is 6.04 Å². The third kappa shape index (κ3) is 3.53. The summed E-state index contributed by atoms with van der Waals surface area (Å²) < 4.78 is 0. The van der Waals surface area contributed by atoms with Gasteiger partial charge in [-0.3, -0.25) is 0 Å². The first-order valence-electron chi connectivity index (χ1n) is 6.25. The van der Waals surface area contributed by atoms with E-state index in [-0.39, 0.29) is 0 Å². The van der Waals surface area contributed by atoms with Crippen molar-refractivity contribution in [1.82, 2.24) is 5.32 Å². The third-order valence-corrected chi connectivity index (χ3v) is 4.10. The number of aryl methyl sites for hydroxylation is 1. The van der Waals surface area contributed by atoms with Gasteiger partial charge in [-0.25, -0.2) is 0 Å². The van der Waals surface area contributed by atoms with Crippen molar-refractivity contribution in [2.75, 3.05) is 12.8 Å². The van der Waals surface area contributed by atoms with Gasteiger partial charge >= 0.3 is 0 Å². The molecule has 2 rings (SSSR count). The SMILES string of the molecule is CSc1ccc(CCC2CCCCN2)cc1. The van der Waals surface area contributed by atoms with Gasteiger partial charge in [0.05, 0.1) is 0 Å². The first-order chi connectivity index (χ1) is 7.88. The fourth-order valence-electron chi connectivity index (χ4n) is 2.30. The minimum atomic E-state index is 0.758. The number of benzene rings is 1. The highest BCUT2D eigenvalue weighted by Crippen LogP contribution is 2.17. The van der Waals surface area contributed by atoms with E-state index in [1.165, 1.54) is 49.1 Å². The smallest absolute Gasteiger partial charge is 0.00702 e. The lowest BCUT2D eigenvalue weighted by atomic mass is 9.98. The minimum absolute atomic E-state index is 0.758. The van der Waals surface area contributed by atoms with E-state index in [1.807, 2.05) is 11.8 Å². The van der Waals surface area contributed by atoms with Crippen LogP contribution in [0.4, 0.5) is 0 Å². The normalized spacial score (nSPS) is 20.9. The van der Waals surface area contributed by atoms with Crippen LogP contribution in [0.15, 0.2) is 29.2 Å². The van der Waals surface area contributed by atoms with Gasteiger partial charge in [0, 0.05) is 10.9 Å².